The fourth-order valence-corrected chi connectivity index (χ4v) is 2.00. The Morgan fingerprint density at radius 1 is 1.27 bits per heavy atom. The molecule has 0 bridgehead atoms. The van der Waals surface area contributed by atoms with Gasteiger partial charge in [0.25, 0.3) is 0 Å². The summed E-state index contributed by atoms with van der Waals surface area (Å²) in [7, 11) is 0.996. The number of hydrogen-bond donors (Lipinski definition) is 2. The van der Waals surface area contributed by atoms with Gasteiger partial charge in [-0.2, -0.15) is 13.2 Å². The van der Waals surface area contributed by atoms with Gasteiger partial charge in [0.2, 0.25) is 5.78 Å². The van der Waals surface area contributed by atoms with Crippen LogP contribution in [0.1, 0.15) is 15.9 Å². The summed E-state index contributed by atoms with van der Waals surface area (Å²) < 4.78 is 37.7. The maximum atomic E-state index is 12.6. The van der Waals surface area contributed by atoms with Crippen molar-refractivity contribution in [1.29, 1.82) is 5.41 Å². The van der Waals surface area contributed by atoms with Crippen molar-refractivity contribution in [2.24, 2.45) is 0 Å². The molecule has 0 atom stereocenters. The first-order chi connectivity index (χ1) is 10.1. The lowest BCUT2D eigenvalue weighted by Gasteiger charge is -2.11. The lowest BCUT2D eigenvalue weighted by Crippen LogP contribution is -2.25. The van der Waals surface area contributed by atoms with E-state index in [9.17, 15) is 22.8 Å². The van der Waals surface area contributed by atoms with Gasteiger partial charge in [0.15, 0.2) is 6.29 Å². The van der Waals surface area contributed by atoms with Crippen molar-refractivity contribution >= 4 is 41.0 Å². The largest absolute Gasteiger partial charge is 0.431 e. The molecule has 0 aliphatic carbocycles. The highest BCUT2D eigenvalue weighted by Gasteiger charge is 2.34. The van der Waals surface area contributed by atoms with Crippen LogP contribution in [0.15, 0.2) is 23.9 Å². The second-order valence-corrected chi connectivity index (χ2v) is 4.83. The summed E-state index contributed by atoms with van der Waals surface area (Å²) in [6.45, 7) is 0. The molecule has 0 amide bonds. The third kappa shape index (κ3) is 4.08. The molecule has 1 aromatic rings. The average Bonchev–Trinajstić information content (AvgIpc) is 2.42. The van der Waals surface area contributed by atoms with Crippen LogP contribution in [0.25, 0.3) is 0 Å². The molecular formula is C13H9Cl2F3N2O2. The van der Waals surface area contributed by atoms with Crippen molar-refractivity contribution in [1.82, 2.24) is 5.32 Å². The molecule has 22 heavy (non-hydrogen) atoms. The first-order valence-electron chi connectivity index (χ1n) is 5.66. The number of hydrogen-bond acceptors (Lipinski definition) is 4. The van der Waals surface area contributed by atoms with Crippen LogP contribution in [0, 0.1) is 5.41 Å². The van der Waals surface area contributed by atoms with Crippen molar-refractivity contribution in [3.8, 4) is 0 Å². The molecule has 0 fully saturated rings. The SMILES string of the molecule is CNC(=CC(=O)C(=N)c1cc(C=O)c(Cl)cc1Cl)C(F)(F)F. The number of carbonyl (C=O) groups excluding carboxylic acids is 2. The summed E-state index contributed by atoms with van der Waals surface area (Å²) in [4.78, 5) is 22.6. The number of allylic oxidation sites excluding steroid dienone is 2. The number of aldehydes is 1. The Bertz CT molecular complexity index is 670. The fraction of sp³-hybridized carbons (Fsp3) is 0.154. The van der Waals surface area contributed by atoms with Crippen molar-refractivity contribution in [3.05, 3.63) is 45.1 Å². The zero-order chi connectivity index (χ0) is 17.1. The maximum Gasteiger partial charge on any atom is 0.431 e. The molecular weight excluding hydrogens is 344 g/mol. The van der Waals surface area contributed by atoms with Gasteiger partial charge in [-0.25, -0.2) is 0 Å². The number of halogens is 5. The molecule has 0 spiro atoms. The summed E-state index contributed by atoms with van der Waals surface area (Å²) in [5, 5.41) is 9.37. The second-order valence-electron chi connectivity index (χ2n) is 4.02. The molecule has 2 N–H and O–H groups in total. The molecule has 0 radical (unpaired) electrons. The highest BCUT2D eigenvalue weighted by Crippen LogP contribution is 2.26. The van der Waals surface area contributed by atoms with Crippen LogP contribution in [-0.4, -0.2) is 31.0 Å². The number of ketones is 1. The van der Waals surface area contributed by atoms with Gasteiger partial charge >= 0.3 is 6.18 Å². The topological polar surface area (TPSA) is 70.0 Å². The highest BCUT2D eigenvalue weighted by atomic mass is 35.5. The van der Waals surface area contributed by atoms with E-state index in [4.69, 9.17) is 28.6 Å². The van der Waals surface area contributed by atoms with E-state index < -0.39 is 23.4 Å². The van der Waals surface area contributed by atoms with Gasteiger partial charge in [-0.3, -0.25) is 15.0 Å². The van der Waals surface area contributed by atoms with E-state index in [0.717, 1.165) is 19.2 Å². The molecule has 4 nitrogen and oxygen atoms in total. The Labute approximate surface area is 133 Å². The van der Waals surface area contributed by atoms with E-state index in [1.165, 1.54) is 0 Å². The average molecular weight is 353 g/mol. The molecule has 0 aromatic heterocycles. The molecule has 1 aromatic carbocycles. The first-order valence-corrected chi connectivity index (χ1v) is 6.41. The quantitative estimate of drug-likeness (QED) is 0.484. The number of nitrogens with one attached hydrogen (secondary N) is 2. The minimum absolute atomic E-state index is 0.00532. The second kappa shape index (κ2) is 6.93. The number of carbonyl (C=O) groups is 2. The van der Waals surface area contributed by atoms with Gasteiger partial charge in [-0.15, -0.1) is 0 Å². The van der Waals surface area contributed by atoms with E-state index in [0.29, 0.717) is 6.29 Å². The number of benzene rings is 1. The monoisotopic (exact) mass is 352 g/mol. The van der Waals surface area contributed by atoms with Crippen LogP contribution in [0.2, 0.25) is 10.0 Å². The predicted molar refractivity (Wildman–Crippen MR) is 76.9 cm³/mol. The van der Waals surface area contributed by atoms with Crippen molar-refractivity contribution in [3.63, 3.8) is 0 Å². The molecule has 0 aliphatic rings. The lowest BCUT2D eigenvalue weighted by molar-refractivity contribution is -0.111. The first kappa shape index (κ1) is 18.2. The minimum Gasteiger partial charge on any atom is -0.384 e. The third-order valence-electron chi connectivity index (χ3n) is 2.58. The normalized spacial score (nSPS) is 12.0. The molecule has 0 saturated heterocycles. The minimum atomic E-state index is -4.76. The Kier molecular flexibility index (Phi) is 5.73. The van der Waals surface area contributed by atoms with E-state index in [1.807, 2.05) is 5.32 Å². The summed E-state index contributed by atoms with van der Waals surface area (Å²) in [6.07, 6.45) is -4.14. The van der Waals surface area contributed by atoms with Crippen LogP contribution in [-0.2, 0) is 4.79 Å². The van der Waals surface area contributed by atoms with Gasteiger partial charge < -0.3 is 5.32 Å². The van der Waals surface area contributed by atoms with E-state index in [1.54, 1.807) is 0 Å². The summed E-state index contributed by atoms with van der Waals surface area (Å²) in [6, 6.07) is 2.20. The summed E-state index contributed by atoms with van der Waals surface area (Å²) in [5.74, 6) is -1.22. The van der Waals surface area contributed by atoms with Crippen molar-refractivity contribution in [2.75, 3.05) is 7.05 Å². The Balaban J connectivity index is 3.24. The Morgan fingerprint density at radius 2 is 1.86 bits per heavy atom. The summed E-state index contributed by atoms with van der Waals surface area (Å²) in [5.41, 5.74) is -2.32. The smallest absolute Gasteiger partial charge is 0.384 e. The van der Waals surface area contributed by atoms with Crippen LogP contribution in [0.5, 0.6) is 0 Å². The van der Waals surface area contributed by atoms with Crippen LogP contribution < -0.4 is 5.32 Å². The van der Waals surface area contributed by atoms with Crippen molar-refractivity contribution < 1.29 is 22.8 Å². The lowest BCUT2D eigenvalue weighted by atomic mass is 10.0. The molecule has 0 saturated carbocycles. The van der Waals surface area contributed by atoms with Crippen molar-refractivity contribution in [2.45, 2.75) is 6.18 Å². The van der Waals surface area contributed by atoms with Gasteiger partial charge in [-0.05, 0) is 12.1 Å². The van der Waals surface area contributed by atoms with Crippen LogP contribution in [0.3, 0.4) is 0 Å². The van der Waals surface area contributed by atoms with E-state index >= 15 is 0 Å². The van der Waals surface area contributed by atoms with E-state index in [-0.39, 0.29) is 27.2 Å². The molecule has 0 heterocycles. The molecule has 1 rings (SSSR count). The number of rotatable bonds is 5. The molecule has 0 aliphatic heterocycles. The van der Waals surface area contributed by atoms with Crippen LogP contribution in [0.4, 0.5) is 13.2 Å². The Hall–Kier alpha value is -1.86. The van der Waals surface area contributed by atoms with E-state index in [2.05, 4.69) is 0 Å². The van der Waals surface area contributed by atoms with Gasteiger partial charge in [-0.1, -0.05) is 23.2 Å². The standard InChI is InChI=1S/C13H9Cl2F3N2O2/c1-20-11(13(16,17)18)4-10(22)12(19)7-2-6(5-21)8(14)3-9(7)15/h2-5,19-20H,1H3. The Morgan fingerprint density at radius 3 is 2.32 bits per heavy atom. The highest BCUT2D eigenvalue weighted by molar-refractivity contribution is 6.52. The fourth-order valence-electron chi connectivity index (χ4n) is 1.48. The van der Waals surface area contributed by atoms with Gasteiger partial charge in [0.05, 0.1) is 10.0 Å². The third-order valence-corrected chi connectivity index (χ3v) is 3.22. The summed E-state index contributed by atoms with van der Waals surface area (Å²) >= 11 is 11.5. The molecule has 9 heteroatoms. The zero-order valence-electron chi connectivity index (χ0n) is 11.0. The van der Waals surface area contributed by atoms with Crippen LogP contribution >= 0.6 is 23.2 Å². The molecule has 0 unspecified atom stereocenters. The number of alkyl halides is 3. The van der Waals surface area contributed by atoms with Gasteiger partial charge in [0.1, 0.15) is 11.4 Å². The van der Waals surface area contributed by atoms with Gasteiger partial charge in [0, 0.05) is 24.3 Å². The predicted octanol–water partition coefficient (Wildman–Crippen LogP) is 3.41. The zero-order valence-corrected chi connectivity index (χ0v) is 12.5. The maximum absolute atomic E-state index is 12.6. The molecule has 118 valence electrons.